The van der Waals surface area contributed by atoms with E-state index in [1.54, 1.807) is 35.0 Å². The van der Waals surface area contributed by atoms with Crippen molar-refractivity contribution >= 4 is 22.6 Å². The maximum absolute atomic E-state index is 13.1. The van der Waals surface area contributed by atoms with Gasteiger partial charge in [0.05, 0.1) is 10.9 Å². The third kappa shape index (κ3) is 3.53. The van der Waals surface area contributed by atoms with Crippen LogP contribution in [0, 0.1) is 5.41 Å². The maximum Gasteiger partial charge on any atom is 0.267 e. The molecule has 0 fully saturated rings. The molecule has 2 N–H and O–H groups in total. The quantitative estimate of drug-likeness (QED) is 0.385. The van der Waals surface area contributed by atoms with Crippen LogP contribution in [0.5, 0.6) is 0 Å². The predicted molar refractivity (Wildman–Crippen MR) is 115 cm³/mol. The van der Waals surface area contributed by atoms with Crippen molar-refractivity contribution in [2.24, 2.45) is 0 Å². The standard InChI is InChI=1S/C23H21N5O2/c1-2-12-25-22(29)17-15-18-21(26-19-10-6-7-13-27(19)23(18)30)28(20(17)24)14-11-16-8-4-3-5-9-16/h2-10,13,15,24H,1,11-12,14H2,(H,25,29). The van der Waals surface area contributed by atoms with Gasteiger partial charge in [-0.05, 0) is 30.2 Å². The SMILES string of the molecule is C=CCNC(=O)c1cc2c(=O)n3ccccc3nc2n(CCc2ccccc2)c1=N. The fourth-order valence-corrected chi connectivity index (χ4v) is 3.42. The fraction of sp³-hybridized carbons (Fsp3) is 0.130. The average molecular weight is 399 g/mol. The summed E-state index contributed by atoms with van der Waals surface area (Å²) in [6, 6.07) is 16.6. The van der Waals surface area contributed by atoms with Gasteiger partial charge >= 0.3 is 0 Å². The number of hydrogen-bond acceptors (Lipinski definition) is 4. The molecule has 0 saturated heterocycles. The maximum atomic E-state index is 13.1. The van der Waals surface area contributed by atoms with Gasteiger partial charge < -0.3 is 9.88 Å². The third-order valence-electron chi connectivity index (χ3n) is 4.94. The van der Waals surface area contributed by atoms with Crippen LogP contribution in [0.2, 0.25) is 0 Å². The lowest BCUT2D eigenvalue weighted by molar-refractivity contribution is 0.0955. The largest absolute Gasteiger partial charge is 0.348 e. The van der Waals surface area contributed by atoms with Gasteiger partial charge in [-0.15, -0.1) is 6.58 Å². The molecule has 0 aliphatic carbocycles. The number of fused-ring (bicyclic) bond motifs is 2. The van der Waals surface area contributed by atoms with Gasteiger partial charge in [0.15, 0.2) is 0 Å². The number of nitrogens with one attached hydrogen (secondary N) is 2. The first-order valence-corrected chi connectivity index (χ1v) is 9.62. The van der Waals surface area contributed by atoms with E-state index in [1.165, 1.54) is 10.5 Å². The smallest absolute Gasteiger partial charge is 0.267 e. The van der Waals surface area contributed by atoms with Crippen LogP contribution in [-0.4, -0.2) is 26.4 Å². The average Bonchev–Trinajstić information content (AvgIpc) is 2.77. The molecule has 3 heterocycles. The van der Waals surface area contributed by atoms with Crippen LogP contribution >= 0.6 is 0 Å². The topological polar surface area (TPSA) is 92.2 Å². The van der Waals surface area contributed by atoms with E-state index in [1.807, 2.05) is 30.3 Å². The highest BCUT2D eigenvalue weighted by Crippen LogP contribution is 2.11. The Balaban J connectivity index is 1.94. The van der Waals surface area contributed by atoms with E-state index in [-0.39, 0.29) is 23.2 Å². The van der Waals surface area contributed by atoms with Gasteiger partial charge in [0.1, 0.15) is 16.8 Å². The molecule has 30 heavy (non-hydrogen) atoms. The first kappa shape index (κ1) is 19.3. The first-order valence-electron chi connectivity index (χ1n) is 9.62. The lowest BCUT2D eigenvalue weighted by Gasteiger charge is -2.14. The molecule has 0 spiro atoms. The molecule has 0 atom stereocenters. The van der Waals surface area contributed by atoms with Crippen molar-refractivity contribution in [3.05, 3.63) is 100 Å². The summed E-state index contributed by atoms with van der Waals surface area (Å²) in [5.41, 5.74) is 1.86. The Labute approximate surface area is 172 Å². The van der Waals surface area contributed by atoms with Crippen LogP contribution in [-0.2, 0) is 13.0 Å². The highest BCUT2D eigenvalue weighted by molar-refractivity contribution is 5.96. The van der Waals surface area contributed by atoms with Gasteiger partial charge in [0.2, 0.25) is 0 Å². The lowest BCUT2D eigenvalue weighted by Crippen LogP contribution is -2.35. The number of amides is 1. The second kappa shape index (κ2) is 8.16. The zero-order chi connectivity index (χ0) is 21.1. The summed E-state index contributed by atoms with van der Waals surface area (Å²) in [5, 5.41) is 11.7. The number of pyridine rings is 2. The molecule has 7 heteroatoms. The molecular weight excluding hydrogens is 378 g/mol. The minimum absolute atomic E-state index is 0.0205. The summed E-state index contributed by atoms with van der Waals surface area (Å²) < 4.78 is 3.08. The minimum atomic E-state index is -0.423. The summed E-state index contributed by atoms with van der Waals surface area (Å²) in [7, 11) is 0. The van der Waals surface area contributed by atoms with E-state index >= 15 is 0 Å². The number of hydrogen-bond donors (Lipinski definition) is 2. The van der Waals surface area contributed by atoms with Gasteiger partial charge in [0, 0.05) is 19.3 Å². The van der Waals surface area contributed by atoms with Gasteiger partial charge in [-0.2, -0.15) is 0 Å². The van der Waals surface area contributed by atoms with E-state index in [0.29, 0.717) is 29.6 Å². The van der Waals surface area contributed by atoms with Gasteiger partial charge in [-0.3, -0.25) is 19.4 Å². The fourth-order valence-electron chi connectivity index (χ4n) is 3.42. The van der Waals surface area contributed by atoms with E-state index in [2.05, 4.69) is 16.9 Å². The monoisotopic (exact) mass is 399 g/mol. The molecule has 0 unspecified atom stereocenters. The number of nitrogens with zero attached hydrogens (tertiary/aromatic N) is 3. The molecule has 1 aromatic carbocycles. The highest BCUT2D eigenvalue weighted by atomic mass is 16.1. The molecule has 7 nitrogen and oxygen atoms in total. The van der Waals surface area contributed by atoms with Crippen molar-refractivity contribution in [2.75, 3.05) is 6.54 Å². The Morgan fingerprint density at radius 1 is 1.17 bits per heavy atom. The molecule has 4 rings (SSSR count). The number of carbonyl (C=O) groups excluding carboxylic acids is 1. The molecule has 3 aromatic heterocycles. The second-order valence-corrected chi connectivity index (χ2v) is 6.88. The predicted octanol–water partition coefficient (Wildman–Crippen LogP) is 2.29. The van der Waals surface area contributed by atoms with Gasteiger partial charge in [-0.25, -0.2) is 4.98 Å². The molecule has 0 saturated carbocycles. The Morgan fingerprint density at radius 2 is 1.93 bits per heavy atom. The van der Waals surface area contributed by atoms with Crippen LogP contribution < -0.4 is 16.4 Å². The molecular formula is C23H21N5O2. The Kier molecular flexibility index (Phi) is 5.26. The van der Waals surface area contributed by atoms with Crippen LogP contribution in [0.15, 0.2) is 78.2 Å². The first-order chi connectivity index (χ1) is 14.6. The van der Waals surface area contributed by atoms with Crippen molar-refractivity contribution < 1.29 is 4.79 Å². The molecule has 0 aliphatic rings. The van der Waals surface area contributed by atoms with E-state index < -0.39 is 5.91 Å². The van der Waals surface area contributed by atoms with E-state index in [9.17, 15) is 9.59 Å². The summed E-state index contributed by atoms with van der Waals surface area (Å²) in [6.07, 6.45) is 3.85. The summed E-state index contributed by atoms with van der Waals surface area (Å²) in [5.74, 6) is -0.423. The molecule has 1 amide bonds. The second-order valence-electron chi connectivity index (χ2n) is 6.88. The molecule has 0 bridgehead atoms. The molecule has 4 aromatic rings. The molecule has 0 aliphatic heterocycles. The number of aromatic nitrogens is 3. The molecule has 150 valence electrons. The van der Waals surface area contributed by atoms with E-state index in [4.69, 9.17) is 5.41 Å². The summed E-state index contributed by atoms with van der Waals surface area (Å²) in [6.45, 7) is 4.28. The normalized spacial score (nSPS) is 10.9. The minimum Gasteiger partial charge on any atom is -0.348 e. The number of benzene rings is 1. The van der Waals surface area contributed by atoms with Crippen molar-refractivity contribution in [2.45, 2.75) is 13.0 Å². The Morgan fingerprint density at radius 3 is 2.70 bits per heavy atom. The summed E-state index contributed by atoms with van der Waals surface area (Å²) >= 11 is 0. The van der Waals surface area contributed by atoms with Crippen LogP contribution in [0.1, 0.15) is 15.9 Å². The van der Waals surface area contributed by atoms with Crippen molar-refractivity contribution in [1.82, 2.24) is 19.3 Å². The Hall–Kier alpha value is -4.00. The van der Waals surface area contributed by atoms with Crippen LogP contribution in [0.3, 0.4) is 0 Å². The highest BCUT2D eigenvalue weighted by Gasteiger charge is 2.17. The lowest BCUT2D eigenvalue weighted by atomic mass is 10.1. The van der Waals surface area contributed by atoms with Gasteiger partial charge in [0.25, 0.3) is 11.5 Å². The summed E-state index contributed by atoms with van der Waals surface area (Å²) in [4.78, 5) is 30.4. The van der Waals surface area contributed by atoms with Crippen molar-refractivity contribution in [1.29, 1.82) is 5.41 Å². The van der Waals surface area contributed by atoms with Crippen molar-refractivity contribution in [3.8, 4) is 0 Å². The number of aryl methyl sites for hydroxylation is 2. The van der Waals surface area contributed by atoms with Crippen molar-refractivity contribution in [3.63, 3.8) is 0 Å². The van der Waals surface area contributed by atoms with E-state index in [0.717, 1.165) is 5.56 Å². The Bertz CT molecular complexity index is 1370. The number of rotatable bonds is 6. The zero-order valence-electron chi connectivity index (χ0n) is 16.3. The van der Waals surface area contributed by atoms with Gasteiger partial charge in [-0.1, -0.05) is 42.5 Å². The van der Waals surface area contributed by atoms with Crippen LogP contribution in [0.25, 0.3) is 16.7 Å². The third-order valence-corrected chi connectivity index (χ3v) is 4.94. The zero-order valence-corrected chi connectivity index (χ0v) is 16.3. The number of carbonyl (C=O) groups is 1. The van der Waals surface area contributed by atoms with Crippen LogP contribution in [0.4, 0.5) is 0 Å². The molecule has 0 radical (unpaired) electrons.